The molecule has 0 aromatic heterocycles. The van der Waals surface area contributed by atoms with Crippen LogP contribution in [0.1, 0.15) is 47.0 Å². The maximum Gasteiger partial charge on any atom is 0.318 e. The predicted molar refractivity (Wildman–Crippen MR) is 75.7 cm³/mol. The van der Waals surface area contributed by atoms with Crippen LogP contribution in [-0.4, -0.2) is 52.8 Å². The maximum absolute atomic E-state index is 12.3. The molecular formula is C14H26N2O4. The number of hydrogen-bond acceptors (Lipinski definition) is 3. The van der Waals surface area contributed by atoms with Crippen LogP contribution in [0.4, 0.5) is 4.79 Å². The Hall–Kier alpha value is -1.30. The van der Waals surface area contributed by atoms with Gasteiger partial charge in [-0.1, -0.05) is 0 Å². The third kappa shape index (κ3) is 5.00. The molecule has 116 valence electrons. The molecule has 6 heteroatoms. The molecular weight excluding hydrogens is 260 g/mol. The lowest BCUT2D eigenvalue weighted by Gasteiger charge is -2.40. The van der Waals surface area contributed by atoms with E-state index in [1.165, 1.54) is 0 Å². The average Bonchev–Trinajstić information content (AvgIpc) is 2.24. The molecule has 0 aliphatic heterocycles. The van der Waals surface area contributed by atoms with Gasteiger partial charge in [0.05, 0.1) is 12.5 Å². The number of nitrogens with one attached hydrogen (secondary N) is 1. The summed E-state index contributed by atoms with van der Waals surface area (Å²) in [5.41, 5.74) is -0.400. The molecule has 0 radical (unpaired) electrons. The SMILES string of the molecule is CCOC1CC(NC(=O)N(CCC(=O)O)C(C)(C)C)C1. The summed E-state index contributed by atoms with van der Waals surface area (Å²) in [5.74, 6) is -0.896. The highest BCUT2D eigenvalue weighted by molar-refractivity contribution is 5.76. The fourth-order valence-electron chi connectivity index (χ4n) is 2.26. The van der Waals surface area contributed by atoms with Crippen LogP contribution in [0.15, 0.2) is 0 Å². The van der Waals surface area contributed by atoms with Gasteiger partial charge in [0.25, 0.3) is 0 Å². The molecule has 2 amide bonds. The zero-order valence-electron chi connectivity index (χ0n) is 12.8. The molecule has 20 heavy (non-hydrogen) atoms. The molecule has 1 fully saturated rings. The van der Waals surface area contributed by atoms with E-state index < -0.39 is 11.5 Å². The largest absolute Gasteiger partial charge is 0.481 e. The van der Waals surface area contributed by atoms with E-state index in [0.29, 0.717) is 6.61 Å². The first kappa shape index (κ1) is 16.8. The normalized spacial score (nSPS) is 22.0. The zero-order chi connectivity index (χ0) is 15.3. The Labute approximate surface area is 120 Å². The number of aliphatic carboxylic acids is 1. The number of carboxylic acid groups (broad SMARTS) is 1. The van der Waals surface area contributed by atoms with Crippen molar-refractivity contribution in [3.05, 3.63) is 0 Å². The monoisotopic (exact) mass is 286 g/mol. The predicted octanol–water partition coefficient (Wildman–Crippen LogP) is 1.84. The lowest BCUT2D eigenvalue weighted by Crippen LogP contribution is -2.56. The van der Waals surface area contributed by atoms with Crippen LogP contribution < -0.4 is 5.32 Å². The Kier molecular flexibility index (Phi) is 5.80. The van der Waals surface area contributed by atoms with E-state index in [0.717, 1.165) is 12.8 Å². The summed E-state index contributed by atoms with van der Waals surface area (Å²) in [6.45, 7) is 8.57. The van der Waals surface area contributed by atoms with Gasteiger partial charge in [0.15, 0.2) is 0 Å². The number of hydrogen-bond donors (Lipinski definition) is 2. The molecule has 0 spiro atoms. The van der Waals surface area contributed by atoms with Crippen LogP contribution in [-0.2, 0) is 9.53 Å². The molecule has 6 nitrogen and oxygen atoms in total. The lowest BCUT2D eigenvalue weighted by atomic mass is 9.89. The van der Waals surface area contributed by atoms with Gasteiger partial charge in [-0.2, -0.15) is 0 Å². The highest BCUT2D eigenvalue weighted by Gasteiger charge is 2.34. The third-order valence-electron chi connectivity index (χ3n) is 3.43. The van der Waals surface area contributed by atoms with Crippen molar-refractivity contribution in [3.63, 3.8) is 0 Å². The lowest BCUT2D eigenvalue weighted by molar-refractivity contribution is -0.137. The van der Waals surface area contributed by atoms with E-state index in [9.17, 15) is 9.59 Å². The number of carbonyl (C=O) groups excluding carboxylic acids is 1. The van der Waals surface area contributed by atoms with Crippen molar-refractivity contribution in [2.75, 3.05) is 13.2 Å². The first-order chi connectivity index (χ1) is 9.24. The molecule has 1 aliphatic carbocycles. The van der Waals surface area contributed by atoms with Gasteiger partial charge >= 0.3 is 12.0 Å². The fraction of sp³-hybridized carbons (Fsp3) is 0.857. The summed E-state index contributed by atoms with van der Waals surface area (Å²) in [5, 5.41) is 11.7. The first-order valence-electron chi connectivity index (χ1n) is 7.15. The van der Waals surface area contributed by atoms with Crippen molar-refractivity contribution < 1.29 is 19.4 Å². The van der Waals surface area contributed by atoms with Gasteiger partial charge in [0.2, 0.25) is 0 Å². The second kappa shape index (κ2) is 6.92. The van der Waals surface area contributed by atoms with E-state index in [1.807, 2.05) is 27.7 Å². The summed E-state index contributed by atoms with van der Waals surface area (Å²) >= 11 is 0. The Balaban J connectivity index is 2.46. The van der Waals surface area contributed by atoms with Crippen molar-refractivity contribution in [2.45, 2.75) is 64.6 Å². The highest BCUT2D eigenvalue weighted by Crippen LogP contribution is 2.24. The average molecular weight is 286 g/mol. The Morgan fingerprint density at radius 2 is 1.95 bits per heavy atom. The molecule has 0 unspecified atom stereocenters. The van der Waals surface area contributed by atoms with Gasteiger partial charge < -0.3 is 20.1 Å². The van der Waals surface area contributed by atoms with Crippen molar-refractivity contribution in [1.82, 2.24) is 10.2 Å². The van der Waals surface area contributed by atoms with Crippen molar-refractivity contribution in [3.8, 4) is 0 Å². The summed E-state index contributed by atoms with van der Waals surface area (Å²) in [7, 11) is 0. The smallest absolute Gasteiger partial charge is 0.318 e. The van der Waals surface area contributed by atoms with Crippen LogP contribution in [0.2, 0.25) is 0 Å². The fourth-order valence-corrected chi connectivity index (χ4v) is 2.26. The summed E-state index contributed by atoms with van der Waals surface area (Å²) in [6, 6.07) is -0.0626. The molecule has 1 aliphatic rings. The molecule has 0 aromatic rings. The van der Waals surface area contributed by atoms with Gasteiger partial charge in [-0.3, -0.25) is 4.79 Å². The topological polar surface area (TPSA) is 78.9 Å². The van der Waals surface area contributed by atoms with Crippen LogP contribution >= 0.6 is 0 Å². The number of amides is 2. The molecule has 1 rings (SSSR count). The molecule has 0 bridgehead atoms. The molecule has 2 N–H and O–H groups in total. The van der Waals surface area contributed by atoms with E-state index in [1.54, 1.807) is 4.90 Å². The van der Waals surface area contributed by atoms with Gasteiger partial charge in [-0.05, 0) is 40.5 Å². The summed E-state index contributed by atoms with van der Waals surface area (Å²) in [4.78, 5) is 24.5. The van der Waals surface area contributed by atoms with Crippen LogP contribution in [0.3, 0.4) is 0 Å². The van der Waals surface area contributed by atoms with E-state index >= 15 is 0 Å². The second-order valence-electron chi connectivity index (χ2n) is 6.16. The molecule has 0 saturated heterocycles. The first-order valence-corrected chi connectivity index (χ1v) is 7.15. The third-order valence-corrected chi connectivity index (χ3v) is 3.43. The van der Waals surface area contributed by atoms with Crippen LogP contribution in [0.5, 0.6) is 0 Å². The molecule has 1 saturated carbocycles. The number of carboxylic acids is 1. The van der Waals surface area contributed by atoms with Gasteiger partial charge in [0.1, 0.15) is 0 Å². The minimum atomic E-state index is -0.896. The number of urea groups is 1. The number of ether oxygens (including phenoxy) is 1. The molecule has 0 atom stereocenters. The van der Waals surface area contributed by atoms with Crippen LogP contribution in [0, 0.1) is 0 Å². The van der Waals surface area contributed by atoms with Gasteiger partial charge in [0, 0.05) is 24.7 Å². The zero-order valence-corrected chi connectivity index (χ0v) is 12.8. The number of rotatable bonds is 6. The van der Waals surface area contributed by atoms with Crippen molar-refractivity contribution in [1.29, 1.82) is 0 Å². The minimum Gasteiger partial charge on any atom is -0.481 e. The second-order valence-corrected chi connectivity index (χ2v) is 6.16. The van der Waals surface area contributed by atoms with E-state index in [-0.39, 0.29) is 31.1 Å². The standard InChI is InChI=1S/C14H26N2O4/c1-5-20-11-8-10(9-11)15-13(19)16(14(2,3)4)7-6-12(17)18/h10-11H,5-9H2,1-4H3,(H,15,19)(H,17,18). The Morgan fingerprint density at radius 1 is 1.35 bits per heavy atom. The maximum atomic E-state index is 12.3. The van der Waals surface area contributed by atoms with Crippen molar-refractivity contribution in [2.24, 2.45) is 0 Å². The summed E-state index contributed by atoms with van der Waals surface area (Å²) in [6.07, 6.45) is 1.86. The van der Waals surface area contributed by atoms with E-state index in [2.05, 4.69) is 5.32 Å². The van der Waals surface area contributed by atoms with Gasteiger partial charge in [-0.25, -0.2) is 4.79 Å². The Morgan fingerprint density at radius 3 is 2.40 bits per heavy atom. The molecule has 0 heterocycles. The quantitative estimate of drug-likeness (QED) is 0.781. The van der Waals surface area contributed by atoms with Crippen LogP contribution in [0.25, 0.3) is 0 Å². The summed E-state index contributed by atoms with van der Waals surface area (Å²) < 4.78 is 5.45. The molecule has 0 aromatic carbocycles. The van der Waals surface area contributed by atoms with E-state index in [4.69, 9.17) is 9.84 Å². The minimum absolute atomic E-state index is 0.0447. The van der Waals surface area contributed by atoms with Gasteiger partial charge in [-0.15, -0.1) is 0 Å². The van der Waals surface area contributed by atoms with Crippen molar-refractivity contribution >= 4 is 12.0 Å². The number of carbonyl (C=O) groups is 2. The Bertz CT molecular complexity index is 346. The highest BCUT2D eigenvalue weighted by atomic mass is 16.5. The number of nitrogens with zero attached hydrogens (tertiary/aromatic N) is 1.